The first kappa shape index (κ1) is 19.9. The van der Waals surface area contributed by atoms with Gasteiger partial charge in [-0.05, 0) is 32.1 Å². The van der Waals surface area contributed by atoms with Crippen LogP contribution in [0.2, 0.25) is 0 Å². The molecule has 0 spiro atoms. The number of nitrogens with zero attached hydrogens (tertiary/aromatic N) is 4. The molecule has 0 aliphatic carbocycles. The summed E-state index contributed by atoms with van der Waals surface area (Å²) in [5, 5.41) is 9.20. The molecule has 0 atom stereocenters. The molecule has 7 nitrogen and oxygen atoms in total. The van der Waals surface area contributed by atoms with E-state index in [2.05, 4.69) is 9.97 Å². The van der Waals surface area contributed by atoms with Gasteiger partial charge in [0.1, 0.15) is 0 Å². The van der Waals surface area contributed by atoms with Gasteiger partial charge in [0, 0.05) is 31.4 Å². The van der Waals surface area contributed by atoms with Gasteiger partial charge in [0.05, 0.1) is 12.5 Å². The molecule has 0 saturated heterocycles. The van der Waals surface area contributed by atoms with Crippen molar-refractivity contribution in [2.45, 2.75) is 38.3 Å². The first-order valence-electron chi connectivity index (χ1n) is 7.53. The normalized spacial score (nSPS) is 10.1. The summed E-state index contributed by atoms with van der Waals surface area (Å²) in [6.45, 7) is 3.80. The average Bonchev–Trinajstić information content (AvgIpc) is 2.56. The second kappa shape index (κ2) is 9.88. The van der Waals surface area contributed by atoms with E-state index in [0.29, 0.717) is 18.1 Å². The van der Waals surface area contributed by atoms with Gasteiger partial charge in [-0.25, -0.2) is 9.97 Å². The molecule has 0 aliphatic rings. The van der Waals surface area contributed by atoms with Crippen molar-refractivity contribution >= 4 is 23.6 Å². The molecule has 1 amide bonds. The van der Waals surface area contributed by atoms with Crippen molar-refractivity contribution in [3.8, 4) is 6.07 Å². The Morgan fingerprint density at radius 3 is 2.46 bits per heavy atom. The van der Waals surface area contributed by atoms with E-state index in [1.54, 1.807) is 7.05 Å². The maximum Gasteiger partial charge on any atom is 0.306 e. The third-order valence-corrected chi connectivity index (χ3v) is 4.05. The van der Waals surface area contributed by atoms with E-state index in [-0.39, 0.29) is 25.4 Å². The van der Waals surface area contributed by atoms with Crippen LogP contribution in [0.4, 0.5) is 0 Å². The molecule has 24 heavy (non-hydrogen) atoms. The number of esters is 1. The number of aromatic nitrogens is 2. The van der Waals surface area contributed by atoms with Crippen LogP contribution in [-0.4, -0.2) is 53.2 Å². The zero-order valence-electron chi connectivity index (χ0n) is 14.5. The van der Waals surface area contributed by atoms with E-state index in [1.165, 1.54) is 16.7 Å². The second-order valence-corrected chi connectivity index (χ2v) is 6.02. The molecular formula is C16H22N4O3S. The van der Waals surface area contributed by atoms with Crippen LogP contribution < -0.4 is 0 Å². The highest BCUT2D eigenvalue weighted by Gasteiger charge is 2.14. The Balaban J connectivity index is 2.47. The maximum atomic E-state index is 11.8. The highest BCUT2D eigenvalue weighted by atomic mass is 32.2. The van der Waals surface area contributed by atoms with Gasteiger partial charge in [-0.1, -0.05) is 11.8 Å². The highest BCUT2D eigenvalue weighted by Crippen LogP contribution is 2.17. The van der Waals surface area contributed by atoms with Crippen LogP contribution >= 0.6 is 11.8 Å². The molecule has 1 rings (SSSR count). The van der Waals surface area contributed by atoms with Gasteiger partial charge in [-0.3, -0.25) is 9.59 Å². The third kappa shape index (κ3) is 6.16. The molecule has 8 heteroatoms. The fourth-order valence-corrected chi connectivity index (χ4v) is 2.51. The molecular weight excluding hydrogens is 328 g/mol. The number of hydrogen-bond acceptors (Lipinski definition) is 7. The van der Waals surface area contributed by atoms with Gasteiger partial charge in [0.25, 0.3) is 5.91 Å². The van der Waals surface area contributed by atoms with Crippen LogP contribution in [0.1, 0.15) is 29.8 Å². The van der Waals surface area contributed by atoms with Gasteiger partial charge < -0.3 is 9.64 Å². The minimum atomic E-state index is -0.440. The number of rotatable bonds is 8. The van der Waals surface area contributed by atoms with Crippen molar-refractivity contribution in [3.63, 3.8) is 0 Å². The molecule has 0 aromatic carbocycles. The van der Waals surface area contributed by atoms with E-state index < -0.39 is 5.97 Å². The summed E-state index contributed by atoms with van der Waals surface area (Å²) in [6, 6.07) is 1.96. The van der Waals surface area contributed by atoms with Gasteiger partial charge in [-0.2, -0.15) is 5.26 Å². The monoisotopic (exact) mass is 350 g/mol. The van der Waals surface area contributed by atoms with E-state index in [1.807, 2.05) is 26.2 Å². The lowest BCUT2D eigenvalue weighted by Crippen LogP contribution is -2.32. The Morgan fingerprint density at radius 1 is 1.29 bits per heavy atom. The summed E-state index contributed by atoms with van der Waals surface area (Å²) in [4.78, 5) is 33.6. The SMILES string of the molecule is CSc1nc(C)c(CCC(=O)OCC(=O)N(C)CCC#N)c(C)n1. The fraction of sp³-hybridized carbons (Fsp3) is 0.562. The van der Waals surface area contributed by atoms with Crippen LogP contribution in [0.25, 0.3) is 0 Å². The van der Waals surface area contributed by atoms with Crippen LogP contribution in [0.15, 0.2) is 5.16 Å². The van der Waals surface area contributed by atoms with Crippen molar-refractivity contribution in [1.82, 2.24) is 14.9 Å². The Labute approximate surface area is 146 Å². The number of carbonyl (C=O) groups excluding carboxylic acids is 2. The Bertz CT molecular complexity index is 620. The lowest BCUT2D eigenvalue weighted by atomic mass is 10.1. The smallest absolute Gasteiger partial charge is 0.306 e. The molecule has 0 radical (unpaired) electrons. The Morgan fingerprint density at radius 2 is 1.92 bits per heavy atom. The van der Waals surface area contributed by atoms with Crippen molar-refractivity contribution in [2.24, 2.45) is 0 Å². The zero-order valence-corrected chi connectivity index (χ0v) is 15.3. The van der Waals surface area contributed by atoms with Gasteiger partial charge in [0.2, 0.25) is 0 Å². The summed E-state index contributed by atoms with van der Waals surface area (Å²) in [5.41, 5.74) is 2.64. The van der Waals surface area contributed by atoms with Crippen molar-refractivity contribution in [1.29, 1.82) is 5.26 Å². The molecule has 0 bridgehead atoms. The molecule has 0 saturated carbocycles. The number of likely N-dealkylation sites (N-methyl/N-ethyl adjacent to an activating group) is 1. The van der Waals surface area contributed by atoms with Gasteiger partial charge in [-0.15, -0.1) is 0 Å². The van der Waals surface area contributed by atoms with E-state index in [9.17, 15) is 9.59 Å². The van der Waals surface area contributed by atoms with Gasteiger partial charge >= 0.3 is 5.97 Å². The topological polar surface area (TPSA) is 96.2 Å². The largest absolute Gasteiger partial charge is 0.456 e. The zero-order chi connectivity index (χ0) is 18.1. The van der Waals surface area contributed by atoms with Crippen LogP contribution in [0.5, 0.6) is 0 Å². The highest BCUT2D eigenvalue weighted by molar-refractivity contribution is 7.98. The van der Waals surface area contributed by atoms with Crippen molar-refractivity contribution in [3.05, 3.63) is 17.0 Å². The molecule has 0 aliphatic heterocycles. The number of aryl methyl sites for hydroxylation is 2. The second-order valence-electron chi connectivity index (χ2n) is 5.24. The number of amides is 1. The first-order chi connectivity index (χ1) is 11.4. The van der Waals surface area contributed by atoms with E-state index >= 15 is 0 Å². The first-order valence-corrected chi connectivity index (χ1v) is 8.76. The molecule has 0 unspecified atom stereocenters. The molecule has 0 fully saturated rings. The molecule has 1 aromatic rings. The molecule has 130 valence electrons. The number of ether oxygens (including phenoxy) is 1. The summed E-state index contributed by atoms with van der Waals surface area (Å²) in [5.74, 6) is -0.761. The summed E-state index contributed by atoms with van der Waals surface area (Å²) in [7, 11) is 1.57. The molecule has 1 aromatic heterocycles. The summed E-state index contributed by atoms with van der Waals surface area (Å²) in [6.07, 6.45) is 2.80. The van der Waals surface area contributed by atoms with Crippen LogP contribution in [0, 0.1) is 25.2 Å². The van der Waals surface area contributed by atoms with Gasteiger partial charge in [0.15, 0.2) is 11.8 Å². The van der Waals surface area contributed by atoms with Crippen LogP contribution in [-0.2, 0) is 20.7 Å². The number of thioether (sulfide) groups is 1. The lowest BCUT2D eigenvalue weighted by molar-refractivity contribution is -0.151. The minimum absolute atomic E-state index is 0.166. The third-order valence-electron chi connectivity index (χ3n) is 3.50. The number of hydrogen-bond donors (Lipinski definition) is 0. The molecule has 0 N–H and O–H groups in total. The predicted octanol–water partition coefficient (Wildman–Crippen LogP) is 1.66. The standard InChI is InChI=1S/C16H22N4O3S/c1-11-13(12(2)19-16(18-11)24-4)6-7-15(22)23-10-14(21)20(3)9-5-8-17/h5-7,9-10H2,1-4H3. The van der Waals surface area contributed by atoms with E-state index in [0.717, 1.165) is 17.0 Å². The number of carbonyl (C=O) groups is 2. The van der Waals surface area contributed by atoms with Crippen LogP contribution in [0.3, 0.4) is 0 Å². The number of nitriles is 1. The minimum Gasteiger partial charge on any atom is -0.456 e. The lowest BCUT2D eigenvalue weighted by Gasteiger charge is -2.15. The van der Waals surface area contributed by atoms with Crippen molar-refractivity contribution < 1.29 is 14.3 Å². The molecule has 1 heterocycles. The van der Waals surface area contributed by atoms with E-state index in [4.69, 9.17) is 10.00 Å². The Kier molecular flexibility index (Phi) is 8.19. The summed E-state index contributed by atoms with van der Waals surface area (Å²) < 4.78 is 4.99. The average molecular weight is 350 g/mol. The Hall–Kier alpha value is -2.14. The fourth-order valence-electron chi connectivity index (χ4n) is 2.06. The predicted molar refractivity (Wildman–Crippen MR) is 90.4 cm³/mol. The van der Waals surface area contributed by atoms with Crippen molar-refractivity contribution in [2.75, 3.05) is 26.5 Å². The maximum absolute atomic E-state index is 11.8. The summed E-state index contributed by atoms with van der Waals surface area (Å²) >= 11 is 1.47. The quantitative estimate of drug-likeness (QED) is 0.399.